The molecule has 0 saturated carbocycles. The van der Waals surface area contributed by atoms with Crippen LogP contribution >= 0.6 is 15.9 Å². The van der Waals surface area contributed by atoms with E-state index in [1.54, 1.807) is 41.5 Å². The van der Waals surface area contributed by atoms with Crippen molar-refractivity contribution >= 4 is 44.9 Å². The van der Waals surface area contributed by atoms with Crippen LogP contribution < -0.4 is 16.0 Å². The predicted octanol–water partition coefficient (Wildman–Crippen LogP) is 4.70. The quantitative estimate of drug-likeness (QED) is 0.402. The fraction of sp³-hybridized carbons (Fsp3) is 0.560. The molecule has 3 amide bonds. The van der Waals surface area contributed by atoms with Gasteiger partial charge in [-0.25, -0.2) is 9.59 Å². The van der Waals surface area contributed by atoms with Crippen molar-refractivity contribution in [3.05, 3.63) is 33.9 Å². The van der Waals surface area contributed by atoms with Gasteiger partial charge in [-0.15, -0.1) is 0 Å². The number of hydrogen-bond donors (Lipinski definition) is 4. The smallest absolute Gasteiger partial charge is 0.408 e. The zero-order valence-corrected chi connectivity index (χ0v) is 22.7. The molecule has 0 aliphatic heterocycles. The van der Waals surface area contributed by atoms with Crippen molar-refractivity contribution in [2.45, 2.75) is 71.6 Å². The van der Waals surface area contributed by atoms with Gasteiger partial charge in [0.2, 0.25) is 5.91 Å². The summed E-state index contributed by atoms with van der Waals surface area (Å²) in [4.78, 5) is 40.8. The number of benzene rings is 1. The Balaban J connectivity index is 1.71. The largest absolute Gasteiger partial charge is 0.444 e. The third kappa shape index (κ3) is 7.62. The van der Waals surface area contributed by atoms with Gasteiger partial charge in [0.05, 0.1) is 6.04 Å². The normalized spacial score (nSPS) is 17.9. The van der Waals surface area contributed by atoms with E-state index in [4.69, 9.17) is 9.47 Å². The topological polar surface area (TPSA) is 122 Å². The molecular weight excluding hydrogens is 516 g/mol. The van der Waals surface area contributed by atoms with Crippen LogP contribution in [0.1, 0.15) is 65.3 Å². The van der Waals surface area contributed by atoms with E-state index >= 15 is 0 Å². The number of fused-ring (bicyclic) bond motifs is 3. The molecule has 9 nitrogen and oxygen atoms in total. The lowest BCUT2D eigenvalue weighted by molar-refractivity contribution is -0.125. The summed E-state index contributed by atoms with van der Waals surface area (Å²) < 4.78 is 11.6. The molecule has 10 heteroatoms. The van der Waals surface area contributed by atoms with E-state index in [2.05, 4.69) is 36.9 Å². The number of aromatic nitrogens is 1. The van der Waals surface area contributed by atoms with Gasteiger partial charge < -0.3 is 30.4 Å². The Bertz CT molecular complexity index is 1100. The Kier molecular flexibility index (Phi) is 8.03. The molecule has 1 heterocycles. The van der Waals surface area contributed by atoms with E-state index in [1.807, 2.05) is 18.2 Å². The minimum atomic E-state index is -0.634. The van der Waals surface area contributed by atoms with Crippen molar-refractivity contribution < 1.29 is 23.9 Å². The molecule has 1 aliphatic carbocycles. The van der Waals surface area contributed by atoms with Crippen LogP contribution in [0.4, 0.5) is 9.59 Å². The minimum Gasteiger partial charge on any atom is -0.444 e. The summed E-state index contributed by atoms with van der Waals surface area (Å²) in [6.07, 6.45) is -0.106. The second kappa shape index (κ2) is 10.5. The zero-order valence-electron chi connectivity index (χ0n) is 21.1. The van der Waals surface area contributed by atoms with Crippen LogP contribution in [-0.4, -0.2) is 47.4 Å². The summed E-state index contributed by atoms with van der Waals surface area (Å²) in [5.74, 6) is -0.496. The molecule has 0 saturated heterocycles. The summed E-state index contributed by atoms with van der Waals surface area (Å²) in [5, 5.41) is 9.48. The minimum absolute atomic E-state index is 0.137. The Labute approximate surface area is 214 Å². The molecule has 0 spiro atoms. The number of halogens is 1. The van der Waals surface area contributed by atoms with Gasteiger partial charge >= 0.3 is 12.2 Å². The van der Waals surface area contributed by atoms with Gasteiger partial charge in [0.25, 0.3) is 0 Å². The van der Waals surface area contributed by atoms with Crippen molar-refractivity contribution in [1.82, 2.24) is 20.9 Å². The maximum atomic E-state index is 13.0. The molecule has 0 bridgehead atoms. The highest BCUT2D eigenvalue weighted by Crippen LogP contribution is 2.38. The van der Waals surface area contributed by atoms with Crippen LogP contribution in [-0.2, 0) is 20.7 Å². The summed E-state index contributed by atoms with van der Waals surface area (Å²) in [6, 6.07) is 5.53. The van der Waals surface area contributed by atoms with Crippen molar-refractivity contribution in [2.24, 2.45) is 5.92 Å². The van der Waals surface area contributed by atoms with Crippen LogP contribution in [0.3, 0.4) is 0 Å². The summed E-state index contributed by atoms with van der Waals surface area (Å²) in [5.41, 5.74) is 1.61. The van der Waals surface area contributed by atoms with Crippen LogP contribution in [0, 0.1) is 5.92 Å². The van der Waals surface area contributed by atoms with Crippen molar-refractivity contribution in [1.29, 1.82) is 0 Å². The number of aromatic amines is 1. The van der Waals surface area contributed by atoms with E-state index in [-0.39, 0.29) is 24.9 Å². The summed E-state index contributed by atoms with van der Waals surface area (Å²) in [7, 11) is 0. The summed E-state index contributed by atoms with van der Waals surface area (Å²) >= 11 is 3.52. The Hall–Kier alpha value is -2.75. The Morgan fingerprint density at radius 2 is 1.63 bits per heavy atom. The number of alkyl carbamates (subject to hydrolysis) is 2. The SMILES string of the molecule is CC(C)(C)OC(=O)NCCNC(=O)C1Cc2c([nH]c3ccc(Br)cc23)C(NC(=O)OC(C)(C)C)C1. The van der Waals surface area contributed by atoms with Gasteiger partial charge in [0.1, 0.15) is 11.2 Å². The third-order valence-electron chi connectivity index (χ3n) is 5.37. The highest BCUT2D eigenvalue weighted by molar-refractivity contribution is 9.10. The monoisotopic (exact) mass is 550 g/mol. The highest BCUT2D eigenvalue weighted by Gasteiger charge is 2.35. The van der Waals surface area contributed by atoms with Gasteiger partial charge in [-0.05, 0) is 78.1 Å². The third-order valence-corrected chi connectivity index (χ3v) is 5.87. The standard InChI is InChI=1S/C25H35BrN4O5/c1-24(2,3)34-22(32)28-10-9-27-21(31)14-11-17-16-13-15(26)7-8-18(16)29-20(17)19(12-14)30-23(33)35-25(4,5)6/h7-8,13-14,19,29H,9-12H2,1-6H3,(H,27,31)(H,28,32)(H,30,33). The maximum Gasteiger partial charge on any atom is 0.408 e. The van der Waals surface area contributed by atoms with E-state index in [0.717, 1.165) is 26.6 Å². The van der Waals surface area contributed by atoms with Crippen LogP contribution in [0.2, 0.25) is 0 Å². The number of nitrogens with one attached hydrogen (secondary N) is 4. The molecule has 35 heavy (non-hydrogen) atoms. The number of rotatable bonds is 5. The zero-order chi connectivity index (χ0) is 26.0. The number of ether oxygens (including phenoxy) is 2. The molecule has 1 aliphatic rings. The molecule has 3 rings (SSSR count). The first-order chi connectivity index (χ1) is 16.2. The molecule has 1 aromatic carbocycles. The van der Waals surface area contributed by atoms with E-state index in [0.29, 0.717) is 12.8 Å². The lowest BCUT2D eigenvalue weighted by Crippen LogP contribution is -2.43. The van der Waals surface area contributed by atoms with Gasteiger partial charge in [-0.2, -0.15) is 0 Å². The fourth-order valence-corrected chi connectivity index (χ4v) is 4.44. The van der Waals surface area contributed by atoms with Crippen LogP contribution in [0.25, 0.3) is 10.9 Å². The highest BCUT2D eigenvalue weighted by atomic mass is 79.9. The van der Waals surface area contributed by atoms with E-state index in [9.17, 15) is 14.4 Å². The number of carbonyl (C=O) groups is 3. The lowest BCUT2D eigenvalue weighted by atomic mass is 9.82. The predicted molar refractivity (Wildman–Crippen MR) is 137 cm³/mol. The van der Waals surface area contributed by atoms with Crippen molar-refractivity contribution in [3.8, 4) is 0 Å². The van der Waals surface area contributed by atoms with Crippen molar-refractivity contribution in [2.75, 3.05) is 13.1 Å². The molecule has 2 atom stereocenters. The first-order valence-corrected chi connectivity index (χ1v) is 12.6. The second-order valence-corrected chi connectivity index (χ2v) is 11.7. The molecule has 0 fully saturated rings. The van der Waals surface area contributed by atoms with Crippen molar-refractivity contribution in [3.63, 3.8) is 0 Å². The fourth-order valence-electron chi connectivity index (χ4n) is 4.08. The van der Waals surface area contributed by atoms with E-state index in [1.165, 1.54) is 0 Å². The molecule has 2 unspecified atom stereocenters. The number of carbonyl (C=O) groups excluding carboxylic acids is 3. The second-order valence-electron chi connectivity index (χ2n) is 10.8. The number of hydrogen-bond acceptors (Lipinski definition) is 5. The first kappa shape index (κ1) is 26.8. The van der Waals surface area contributed by atoms with Gasteiger partial charge in [0, 0.05) is 40.1 Å². The summed E-state index contributed by atoms with van der Waals surface area (Å²) in [6.45, 7) is 11.3. The number of H-pyrrole nitrogens is 1. The Morgan fingerprint density at radius 3 is 2.29 bits per heavy atom. The molecule has 4 N–H and O–H groups in total. The molecule has 2 aromatic rings. The average Bonchev–Trinajstić information content (AvgIpc) is 3.06. The van der Waals surface area contributed by atoms with Crippen LogP contribution in [0.15, 0.2) is 22.7 Å². The number of amides is 3. The first-order valence-electron chi connectivity index (χ1n) is 11.8. The van der Waals surface area contributed by atoms with Crippen LogP contribution in [0.5, 0.6) is 0 Å². The molecule has 192 valence electrons. The molecule has 1 aromatic heterocycles. The van der Waals surface area contributed by atoms with Gasteiger partial charge in [-0.1, -0.05) is 15.9 Å². The maximum absolute atomic E-state index is 13.0. The van der Waals surface area contributed by atoms with Gasteiger partial charge in [-0.3, -0.25) is 4.79 Å². The lowest BCUT2D eigenvalue weighted by Gasteiger charge is -2.30. The van der Waals surface area contributed by atoms with Gasteiger partial charge in [0.15, 0.2) is 0 Å². The molecular formula is C25H35BrN4O5. The van der Waals surface area contributed by atoms with E-state index < -0.39 is 29.4 Å². The Morgan fingerprint density at radius 1 is 1.00 bits per heavy atom. The molecule has 0 radical (unpaired) electrons. The average molecular weight is 551 g/mol.